The molecule has 0 aromatic carbocycles. The second-order valence-corrected chi connectivity index (χ2v) is 7.31. The lowest BCUT2D eigenvalue weighted by molar-refractivity contribution is 0.234. The topological polar surface area (TPSA) is 70.9 Å². The number of halogens is 1. The van der Waals surface area contributed by atoms with Crippen molar-refractivity contribution in [3.05, 3.63) is 49.1 Å². The van der Waals surface area contributed by atoms with Crippen molar-refractivity contribution in [3.63, 3.8) is 0 Å². The van der Waals surface area contributed by atoms with Crippen molar-refractivity contribution >= 4 is 28.1 Å². The number of allylic oxidation sites excluding steroid dienone is 1. The van der Waals surface area contributed by atoms with Gasteiger partial charge in [-0.25, -0.2) is 13.9 Å². The van der Waals surface area contributed by atoms with Gasteiger partial charge in [-0.05, 0) is 44.0 Å². The number of aromatic amines is 1. The van der Waals surface area contributed by atoms with E-state index in [-0.39, 0.29) is 6.54 Å². The summed E-state index contributed by atoms with van der Waals surface area (Å²) < 4.78 is 15.5. The van der Waals surface area contributed by atoms with E-state index in [0.717, 1.165) is 33.2 Å². The van der Waals surface area contributed by atoms with Crippen molar-refractivity contribution in [3.8, 4) is 11.1 Å². The quantitative estimate of drug-likeness (QED) is 0.548. The highest BCUT2D eigenvalue weighted by molar-refractivity contribution is 5.94. The van der Waals surface area contributed by atoms with Crippen LogP contribution in [0.15, 0.2) is 43.5 Å². The predicted molar refractivity (Wildman–Crippen MR) is 106 cm³/mol. The molecule has 0 aliphatic carbocycles. The number of fused-ring (bicyclic) bond motifs is 2. The minimum absolute atomic E-state index is 0.146. The van der Waals surface area contributed by atoms with Crippen LogP contribution in [0.4, 0.5) is 10.3 Å². The van der Waals surface area contributed by atoms with Crippen LogP contribution in [-0.2, 0) is 0 Å². The fraction of sp³-hybridized carbons (Fsp3) is 0.250. The number of anilines is 1. The summed E-state index contributed by atoms with van der Waals surface area (Å²) in [6.07, 6.45) is 7.41. The van der Waals surface area contributed by atoms with Gasteiger partial charge in [0.15, 0.2) is 0 Å². The van der Waals surface area contributed by atoms with E-state index in [9.17, 15) is 4.39 Å². The molecule has 2 N–H and O–H groups in total. The molecule has 0 atom stereocenters. The van der Waals surface area contributed by atoms with Gasteiger partial charge in [0.05, 0.1) is 18.3 Å². The fourth-order valence-electron chi connectivity index (χ4n) is 3.00. The first-order valence-corrected chi connectivity index (χ1v) is 8.72. The Hall–Kier alpha value is -3.22. The number of H-pyrrole nitrogens is 1. The summed E-state index contributed by atoms with van der Waals surface area (Å²) in [5, 5.41) is 8.19. The van der Waals surface area contributed by atoms with Crippen LogP contribution in [0.3, 0.4) is 0 Å². The van der Waals surface area contributed by atoms with Gasteiger partial charge in [-0.1, -0.05) is 6.58 Å². The van der Waals surface area contributed by atoms with Gasteiger partial charge in [-0.3, -0.25) is 0 Å². The predicted octanol–water partition coefficient (Wildman–Crippen LogP) is 4.47. The lowest BCUT2D eigenvalue weighted by Gasteiger charge is -2.14. The zero-order valence-electron chi connectivity index (χ0n) is 15.5. The molecule has 7 heteroatoms. The van der Waals surface area contributed by atoms with E-state index in [2.05, 4.69) is 38.0 Å². The van der Waals surface area contributed by atoms with Gasteiger partial charge in [0.1, 0.15) is 11.3 Å². The molecule has 27 heavy (non-hydrogen) atoms. The van der Waals surface area contributed by atoms with Crippen LogP contribution in [0.5, 0.6) is 0 Å². The summed E-state index contributed by atoms with van der Waals surface area (Å²) in [4.78, 5) is 12.0. The molecule has 4 aromatic heterocycles. The molecule has 0 aliphatic rings. The van der Waals surface area contributed by atoms with Gasteiger partial charge in [0.25, 0.3) is 0 Å². The lowest BCUT2D eigenvalue weighted by atomic mass is 10.1. The largest absolute Gasteiger partial charge is 0.351 e. The number of aromatic nitrogens is 5. The Kier molecular flexibility index (Phi) is 3.95. The zero-order chi connectivity index (χ0) is 19.2. The lowest BCUT2D eigenvalue weighted by Crippen LogP contribution is -2.25. The average Bonchev–Trinajstić information content (AvgIpc) is 3.22. The Morgan fingerprint density at radius 3 is 2.93 bits per heavy atom. The standard InChI is InChI=1S/C20H21FN6/c1-12(2)14-10-25-27-6-5-13(7-17(14)27)15-8-22-18-16(15)9-23-19(26-18)24-11-20(3,4)21/h5-10H,1,11H2,2-4H3,(H2,22,23,24,26). The Bertz CT molecular complexity index is 1150. The molecule has 0 saturated heterocycles. The molecule has 138 valence electrons. The minimum atomic E-state index is -1.33. The Balaban J connectivity index is 1.73. The van der Waals surface area contributed by atoms with Gasteiger partial charge in [-0.2, -0.15) is 10.1 Å². The number of nitrogens with zero attached hydrogens (tertiary/aromatic N) is 4. The summed E-state index contributed by atoms with van der Waals surface area (Å²) in [7, 11) is 0. The zero-order valence-corrected chi connectivity index (χ0v) is 15.5. The summed E-state index contributed by atoms with van der Waals surface area (Å²) in [6.45, 7) is 9.16. The number of hydrogen-bond donors (Lipinski definition) is 2. The number of nitrogens with one attached hydrogen (secondary N) is 2. The molecule has 4 rings (SSSR count). The molecular formula is C20H21FN6. The maximum atomic E-state index is 13.7. The van der Waals surface area contributed by atoms with Crippen molar-refractivity contribution in [1.82, 2.24) is 24.6 Å². The summed E-state index contributed by atoms with van der Waals surface area (Å²) in [6, 6.07) is 4.08. The molecule has 0 unspecified atom stereocenters. The second-order valence-electron chi connectivity index (χ2n) is 7.31. The van der Waals surface area contributed by atoms with E-state index >= 15 is 0 Å². The molecule has 6 nitrogen and oxygen atoms in total. The van der Waals surface area contributed by atoms with Gasteiger partial charge in [-0.15, -0.1) is 0 Å². The number of hydrogen-bond acceptors (Lipinski definition) is 4. The van der Waals surface area contributed by atoms with E-state index in [1.807, 2.05) is 36.1 Å². The molecule has 0 aliphatic heterocycles. The van der Waals surface area contributed by atoms with Gasteiger partial charge < -0.3 is 10.3 Å². The van der Waals surface area contributed by atoms with E-state index in [4.69, 9.17) is 0 Å². The third kappa shape index (κ3) is 3.28. The van der Waals surface area contributed by atoms with E-state index in [1.165, 1.54) is 13.8 Å². The first kappa shape index (κ1) is 17.2. The molecule has 0 radical (unpaired) electrons. The summed E-state index contributed by atoms with van der Waals surface area (Å²) >= 11 is 0. The van der Waals surface area contributed by atoms with Crippen LogP contribution >= 0.6 is 0 Å². The highest BCUT2D eigenvalue weighted by Crippen LogP contribution is 2.30. The summed E-state index contributed by atoms with van der Waals surface area (Å²) in [5.74, 6) is 0.400. The number of alkyl halides is 1. The van der Waals surface area contributed by atoms with Crippen LogP contribution in [-0.4, -0.2) is 36.8 Å². The minimum Gasteiger partial charge on any atom is -0.351 e. The normalized spacial score (nSPS) is 12.0. The molecule has 4 aromatic rings. The van der Waals surface area contributed by atoms with Crippen molar-refractivity contribution < 1.29 is 4.39 Å². The Labute approximate surface area is 156 Å². The van der Waals surface area contributed by atoms with Crippen LogP contribution in [0.2, 0.25) is 0 Å². The monoisotopic (exact) mass is 364 g/mol. The number of pyridine rings is 1. The molecule has 4 heterocycles. The SMILES string of the molecule is C=C(C)c1cnn2ccc(-c3c[nH]c4nc(NCC(C)(C)F)ncc34)cc12. The van der Waals surface area contributed by atoms with Crippen molar-refractivity contribution in [1.29, 1.82) is 0 Å². The fourth-order valence-corrected chi connectivity index (χ4v) is 3.00. The highest BCUT2D eigenvalue weighted by atomic mass is 19.1. The van der Waals surface area contributed by atoms with E-state index in [0.29, 0.717) is 11.6 Å². The van der Waals surface area contributed by atoms with Crippen molar-refractivity contribution in [2.75, 3.05) is 11.9 Å². The van der Waals surface area contributed by atoms with Crippen LogP contribution in [0.1, 0.15) is 26.3 Å². The maximum absolute atomic E-state index is 13.7. The van der Waals surface area contributed by atoms with Crippen LogP contribution < -0.4 is 5.32 Å². The maximum Gasteiger partial charge on any atom is 0.224 e. The molecule has 0 amide bonds. The third-order valence-corrected chi connectivity index (χ3v) is 4.39. The Morgan fingerprint density at radius 1 is 1.37 bits per heavy atom. The summed E-state index contributed by atoms with van der Waals surface area (Å²) in [5.41, 5.74) is 4.39. The van der Waals surface area contributed by atoms with Crippen molar-refractivity contribution in [2.24, 2.45) is 0 Å². The highest BCUT2D eigenvalue weighted by Gasteiger charge is 2.16. The smallest absolute Gasteiger partial charge is 0.224 e. The molecule has 0 saturated carbocycles. The molecule has 0 fully saturated rings. The molecular weight excluding hydrogens is 343 g/mol. The average molecular weight is 364 g/mol. The second kappa shape index (κ2) is 6.19. The first-order valence-electron chi connectivity index (χ1n) is 8.72. The van der Waals surface area contributed by atoms with Gasteiger partial charge >= 0.3 is 0 Å². The molecule has 0 spiro atoms. The number of rotatable bonds is 5. The van der Waals surface area contributed by atoms with Crippen LogP contribution in [0.25, 0.3) is 33.3 Å². The Morgan fingerprint density at radius 2 is 2.19 bits per heavy atom. The van der Waals surface area contributed by atoms with Gasteiger partial charge in [0.2, 0.25) is 5.95 Å². The third-order valence-electron chi connectivity index (χ3n) is 4.39. The van der Waals surface area contributed by atoms with E-state index < -0.39 is 5.67 Å². The van der Waals surface area contributed by atoms with Crippen LogP contribution in [0, 0.1) is 0 Å². The van der Waals surface area contributed by atoms with Crippen molar-refractivity contribution in [2.45, 2.75) is 26.4 Å². The molecule has 0 bridgehead atoms. The first-order chi connectivity index (χ1) is 12.8. The van der Waals surface area contributed by atoms with E-state index in [1.54, 1.807) is 6.20 Å². The van der Waals surface area contributed by atoms with Gasteiger partial charge in [0, 0.05) is 35.1 Å².